The van der Waals surface area contributed by atoms with E-state index in [0.29, 0.717) is 36.8 Å². The molecule has 2 amide bonds. The molecule has 1 aromatic carbocycles. The van der Waals surface area contributed by atoms with E-state index in [9.17, 15) is 23.1 Å². The Balaban J connectivity index is 1.39. The van der Waals surface area contributed by atoms with Gasteiger partial charge in [0.15, 0.2) is 11.6 Å². The summed E-state index contributed by atoms with van der Waals surface area (Å²) in [5.41, 5.74) is 0.00219. The van der Waals surface area contributed by atoms with E-state index in [2.05, 4.69) is 20.3 Å². The van der Waals surface area contributed by atoms with Crippen molar-refractivity contribution < 1.29 is 32.9 Å². The zero-order valence-corrected chi connectivity index (χ0v) is 19.4. The van der Waals surface area contributed by atoms with Crippen molar-refractivity contribution in [2.75, 3.05) is 41.4 Å². The van der Waals surface area contributed by atoms with E-state index in [4.69, 9.17) is 9.84 Å². The molecule has 1 saturated heterocycles. The molecule has 1 fully saturated rings. The molecule has 0 spiro atoms. The number of carbonyl (C=O) groups is 1. The minimum atomic E-state index is -4.51. The Hall–Kier alpha value is -3.97. The van der Waals surface area contributed by atoms with Crippen molar-refractivity contribution in [2.45, 2.75) is 24.7 Å². The molecule has 194 valence electrons. The predicted molar refractivity (Wildman–Crippen MR) is 127 cm³/mol. The van der Waals surface area contributed by atoms with Crippen LogP contribution >= 0.6 is 0 Å². The van der Waals surface area contributed by atoms with Gasteiger partial charge in [0.2, 0.25) is 0 Å². The Morgan fingerprint density at radius 2 is 2.05 bits per heavy atom. The lowest BCUT2D eigenvalue weighted by Gasteiger charge is -2.35. The summed E-state index contributed by atoms with van der Waals surface area (Å²) in [6, 6.07) is 7.16. The first-order chi connectivity index (χ1) is 17.7. The number of nitrogens with zero attached hydrogens (tertiary/aromatic N) is 5. The van der Waals surface area contributed by atoms with Crippen LogP contribution in [0.25, 0.3) is 11.4 Å². The second kappa shape index (κ2) is 9.82. The molecule has 2 aliphatic rings. The Morgan fingerprint density at radius 3 is 2.78 bits per heavy atom. The monoisotopic (exact) mass is 516 g/mol. The van der Waals surface area contributed by atoms with E-state index in [0.717, 1.165) is 12.1 Å². The summed E-state index contributed by atoms with van der Waals surface area (Å²) in [4.78, 5) is 29.9. The van der Waals surface area contributed by atoms with Crippen LogP contribution in [0.5, 0.6) is 5.75 Å². The number of fused-ring (bicyclic) bond motifs is 4. The van der Waals surface area contributed by atoms with Gasteiger partial charge in [0.1, 0.15) is 24.3 Å². The van der Waals surface area contributed by atoms with Gasteiger partial charge >= 0.3 is 12.2 Å². The van der Waals surface area contributed by atoms with Gasteiger partial charge in [-0.05, 0) is 30.7 Å². The van der Waals surface area contributed by atoms with Gasteiger partial charge in [-0.25, -0.2) is 19.7 Å². The first kappa shape index (κ1) is 24.7. The summed E-state index contributed by atoms with van der Waals surface area (Å²) in [5.74, 6) is 0.981. The molecule has 0 saturated carbocycles. The van der Waals surface area contributed by atoms with Crippen LogP contribution in [0.15, 0.2) is 48.8 Å². The maximum absolute atomic E-state index is 13.3. The Bertz CT molecular complexity index is 1290. The van der Waals surface area contributed by atoms with Crippen LogP contribution in [-0.2, 0) is 6.18 Å². The number of amides is 2. The third kappa shape index (κ3) is 5.13. The number of rotatable bonds is 6. The summed E-state index contributed by atoms with van der Waals surface area (Å²) >= 11 is 0. The number of halogens is 3. The number of aliphatic hydroxyl groups is 2. The molecule has 2 atom stereocenters. The average Bonchev–Trinajstić information content (AvgIpc) is 3.31. The molecule has 3 N–H and O–H groups in total. The van der Waals surface area contributed by atoms with Crippen LogP contribution in [0.1, 0.15) is 12.0 Å². The number of ether oxygens (including phenoxy) is 1. The van der Waals surface area contributed by atoms with E-state index < -0.39 is 30.5 Å². The molecule has 4 heterocycles. The Morgan fingerprint density at radius 1 is 1.22 bits per heavy atom. The van der Waals surface area contributed by atoms with Crippen LogP contribution in [0, 0.1) is 0 Å². The first-order valence-corrected chi connectivity index (χ1v) is 11.5. The number of aliphatic hydroxyl groups excluding tert-OH is 2. The number of carbonyl (C=O) groups excluding carboxylic acids is 1. The molecule has 2 aliphatic heterocycles. The maximum atomic E-state index is 13.3. The number of alkyl halides is 3. The SMILES string of the molecule is O=C(Nc1ccc(OC[C@H](O)CO)cn1)N1c2nc(-c3cccc(C(F)(F)F)c3)ncc2N2CCC1C2. The summed E-state index contributed by atoms with van der Waals surface area (Å²) in [7, 11) is 0. The highest BCUT2D eigenvalue weighted by Crippen LogP contribution is 2.40. The Labute approximate surface area is 209 Å². The lowest BCUT2D eigenvalue weighted by Crippen LogP contribution is -2.48. The highest BCUT2D eigenvalue weighted by atomic mass is 19.4. The van der Waals surface area contributed by atoms with E-state index in [1.54, 1.807) is 6.07 Å². The third-order valence-corrected chi connectivity index (χ3v) is 6.14. The predicted octanol–water partition coefficient (Wildman–Crippen LogP) is 2.92. The summed E-state index contributed by atoms with van der Waals surface area (Å²) in [6.07, 6.45) is -1.93. The number of nitrogens with one attached hydrogen (secondary N) is 1. The van der Waals surface area contributed by atoms with E-state index in [1.165, 1.54) is 35.5 Å². The highest BCUT2D eigenvalue weighted by molar-refractivity contribution is 6.04. The molecule has 10 nitrogen and oxygen atoms in total. The number of hydrogen-bond acceptors (Lipinski definition) is 8. The van der Waals surface area contributed by atoms with Crippen molar-refractivity contribution in [1.29, 1.82) is 0 Å². The van der Waals surface area contributed by atoms with Crippen molar-refractivity contribution in [3.8, 4) is 17.1 Å². The van der Waals surface area contributed by atoms with Gasteiger partial charge in [0.25, 0.3) is 0 Å². The van der Waals surface area contributed by atoms with E-state index in [-0.39, 0.29) is 29.9 Å². The van der Waals surface area contributed by atoms with Crippen molar-refractivity contribution in [1.82, 2.24) is 15.0 Å². The van der Waals surface area contributed by atoms with Gasteiger partial charge in [-0.2, -0.15) is 13.2 Å². The fourth-order valence-corrected chi connectivity index (χ4v) is 4.30. The molecule has 37 heavy (non-hydrogen) atoms. The number of anilines is 3. The molecule has 0 aliphatic carbocycles. The number of aromatic nitrogens is 3. The fraction of sp³-hybridized carbons (Fsp3) is 0.333. The molecular formula is C24H23F3N6O4. The summed E-state index contributed by atoms with van der Waals surface area (Å²) in [5, 5.41) is 21.0. The van der Waals surface area contributed by atoms with Gasteiger partial charge in [-0.3, -0.25) is 10.2 Å². The van der Waals surface area contributed by atoms with Gasteiger partial charge in [-0.15, -0.1) is 0 Å². The molecule has 0 radical (unpaired) electrons. The number of pyridine rings is 1. The maximum Gasteiger partial charge on any atom is 0.416 e. The van der Waals surface area contributed by atoms with Crippen LogP contribution in [0.4, 0.5) is 35.3 Å². The molecule has 3 aromatic rings. The molecule has 2 aromatic heterocycles. The molecule has 1 unspecified atom stereocenters. The lowest BCUT2D eigenvalue weighted by atomic mass is 10.1. The zero-order chi connectivity index (χ0) is 26.2. The summed E-state index contributed by atoms with van der Waals surface area (Å²) < 4.78 is 45.0. The van der Waals surface area contributed by atoms with Crippen LogP contribution < -0.4 is 19.9 Å². The van der Waals surface area contributed by atoms with Gasteiger partial charge in [0.05, 0.1) is 36.3 Å². The van der Waals surface area contributed by atoms with Crippen molar-refractivity contribution in [2.24, 2.45) is 0 Å². The van der Waals surface area contributed by atoms with Crippen LogP contribution in [-0.4, -0.2) is 69.6 Å². The van der Waals surface area contributed by atoms with Crippen molar-refractivity contribution in [3.05, 3.63) is 54.4 Å². The highest BCUT2D eigenvalue weighted by Gasteiger charge is 2.41. The molecular weight excluding hydrogens is 493 g/mol. The van der Waals surface area contributed by atoms with Gasteiger partial charge < -0.3 is 19.8 Å². The number of urea groups is 1. The van der Waals surface area contributed by atoms with E-state index >= 15 is 0 Å². The molecule has 5 rings (SSSR count). The first-order valence-electron chi connectivity index (χ1n) is 11.5. The van der Waals surface area contributed by atoms with Crippen molar-refractivity contribution >= 4 is 23.4 Å². The average molecular weight is 516 g/mol. The van der Waals surface area contributed by atoms with Crippen molar-refractivity contribution in [3.63, 3.8) is 0 Å². The largest absolute Gasteiger partial charge is 0.489 e. The van der Waals surface area contributed by atoms with Gasteiger partial charge in [0, 0.05) is 18.7 Å². The molecule has 13 heteroatoms. The quantitative estimate of drug-likeness (QED) is 0.457. The van der Waals surface area contributed by atoms with Gasteiger partial charge in [-0.1, -0.05) is 12.1 Å². The zero-order valence-electron chi connectivity index (χ0n) is 19.4. The topological polar surface area (TPSA) is 124 Å². The Kier molecular flexibility index (Phi) is 6.56. The summed E-state index contributed by atoms with van der Waals surface area (Å²) in [6.45, 7) is 0.731. The smallest absolute Gasteiger partial charge is 0.416 e. The normalized spacial score (nSPS) is 17.4. The fourth-order valence-electron chi connectivity index (χ4n) is 4.30. The van der Waals surface area contributed by atoms with Crippen LogP contribution in [0.2, 0.25) is 0 Å². The van der Waals surface area contributed by atoms with Crippen LogP contribution in [0.3, 0.4) is 0 Å². The lowest BCUT2D eigenvalue weighted by molar-refractivity contribution is -0.137. The third-order valence-electron chi connectivity index (χ3n) is 6.14. The number of benzene rings is 1. The minimum absolute atomic E-state index is 0.0786. The number of hydrogen-bond donors (Lipinski definition) is 3. The standard InChI is InChI=1S/C24H23F3N6O4/c25-24(26,27)15-3-1-2-14(8-15)21-29-10-19-22(31-21)33(16-6-7-32(19)11-16)23(36)30-20-5-4-18(9-28-20)37-13-17(35)12-34/h1-5,8-10,16-17,34-35H,6-7,11-13H2,(H,28,30,36)/t16?,17-/m1/s1. The van der Waals surface area contributed by atoms with E-state index in [1.807, 2.05) is 4.90 Å². The second-order valence-electron chi connectivity index (χ2n) is 8.70. The molecule has 2 bridgehead atoms. The minimum Gasteiger partial charge on any atom is -0.489 e. The second-order valence-corrected chi connectivity index (χ2v) is 8.70.